The lowest BCUT2D eigenvalue weighted by Crippen LogP contribution is -2.28. The summed E-state index contributed by atoms with van der Waals surface area (Å²) in [5, 5.41) is 3.32. The number of nitrogens with zero attached hydrogens (tertiary/aromatic N) is 2. The van der Waals surface area contributed by atoms with Crippen LogP contribution in [0.5, 0.6) is 0 Å². The van der Waals surface area contributed by atoms with Gasteiger partial charge in [0.05, 0.1) is 0 Å². The van der Waals surface area contributed by atoms with Crippen LogP contribution in [-0.2, 0) is 0 Å². The summed E-state index contributed by atoms with van der Waals surface area (Å²) in [6.45, 7) is 3.72. The van der Waals surface area contributed by atoms with Crippen molar-refractivity contribution in [3.63, 3.8) is 0 Å². The van der Waals surface area contributed by atoms with Gasteiger partial charge in [-0.15, -0.1) is 0 Å². The Kier molecular flexibility index (Phi) is 4.43. The van der Waals surface area contributed by atoms with Gasteiger partial charge < -0.3 is 10.2 Å². The molecular formula is C17H18BrN3O. The van der Waals surface area contributed by atoms with Crippen molar-refractivity contribution in [1.82, 2.24) is 9.88 Å². The van der Waals surface area contributed by atoms with Crippen LogP contribution >= 0.6 is 15.9 Å². The van der Waals surface area contributed by atoms with Crippen LogP contribution in [0.15, 0.2) is 41.0 Å². The van der Waals surface area contributed by atoms with Gasteiger partial charge in [-0.05, 0) is 49.6 Å². The lowest BCUT2D eigenvalue weighted by atomic mass is 10.2. The van der Waals surface area contributed by atoms with Gasteiger partial charge in [-0.3, -0.25) is 9.78 Å². The highest BCUT2D eigenvalue weighted by Crippen LogP contribution is 2.24. The summed E-state index contributed by atoms with van der Waals surface area (Å²) in [5.41, 5.74) is 3.53. The second-order valence-electron chi connectivity index (χ2n) is 5.52. The van der Waals surface area contributed by atoms with E-state index in [9.17, 15) is 4.79 Å². The quantitative estimate of drug-likeness (QED) is 0.895. The molecule has 3 rings (SSSR count). The number of carbonyl (C=O) groups is 1. The number of pyridine rings is 1. The van der Waals surface area contributed by atoms with Crippen molar-refractivity contribution < 1.29 is 4.79 Å². The number of likely N-dealkylation sites (tertiary alicyclic amines) is 1. The fourth-order valence-corrected chi connectivity index (χ4v) is 2.92. The highest BCUT2D eigenvalue weighted by atomic mass is 79.9. The molecule has 4 nitrogen and oxygen atoms in total. The minimum absolute atomic E-state index is 0.0197. The largest absolute Gasteiger partial charge is 0.355 e. The van der Waals surface area contributed by atoms with Crippen molar-refractivity contribution in [3.8, 4) is 0 Å². The minimum atomic E-state index is 0.0197. The molecule has 0 bridgehead atoms. The fourth-order valence-electron chi connectivity index (χ4n) is 2.54. The molecule has 1 N–H and O–H groups in total. The molecule has 1 aliphatic heterocycles. The Morgan fingerprint density at radius 3 is 2.64 bits per heavy atom. The molecule has 0 radical (unpaired) electrons. The van der Waals surface area contributed by atoms with E-state index in [-0.39, 0.29) is 5.91 Å². The van der Waals surface area contributed by atoms with Crippen molar-refractivity contribution in [2.24, 2.45) is 0 Å². The van der Waals surface area contributed by atoms with Gasteiger partial charge in [-0.25, -0.2) is 0 Å². The Bertz CT molecular complexity index is 696. The summed E-state index contributed by atoms with van der Waals surface area (Å²) >= 11 is 3.53. The van der Waals surface area contributed by atoms with Gasteiger partial charge in [0.25, 0.3) is 5.91 Å². The van der Waals surface area contributed by atoms with E-state index in [4.69, 9.17) is 0 Å². The Morgan fingerprint density at radius 2 is 1.91 bits per heavy atom. The van der Waals surface area contributed by atoms with E-state index < -0.39 is 0 Å². The third-order valence-corrected chi connectivity index (χ3v) is 4.69. The molecule has 114 valence electrons. The Morgan fingerprint density at radius 1 is 1.18 bits per heavy atom. The number of hydrogen-bond donors (Lipinski definition) is 1. The number of aryl methyl sites for hydroxylation is 1. The molecule has 5 heteroatoms. The predicted octanol–water partition coefficient (Wildman–Crippen LogP) is 4.13. The second kappa shape index (κ2) is 6.48. The third kappa shape index (κ3) is 3.30. The van der Waals surface area contributed by atoms with Crippen LogP contribution in [0.1, 0.15) is 28.9 Å². The maximum Gasteiger partial charge on any atom is 0.272 e. The van der Waals surface area contributed by atoms with Gasteiger partial charge in [0, 0.05) is 35.1 Å². The van der Waals surface area contributed by atoms with E-state index in [1.165, 1.54) is 5.56 Å². The smallest absolute Gasteiger partial charge is 0.272 e. The lowest BCUT2D eigenvalue weighted by molar-refractivity contribution is 0.0787. The predicted molar refractivity (Wildman–Crippen MR) is 91.5 cm³/mol. The normalized spacial score (nSPS) is 14.2. The molecule has 22 heavy (non-hydrogen) atoms. The second-order valence-corrected chi connectivity index (χ2v) is 6.37. The first-order valence-corrected chi connectivity index (χ1v) is 8.21. The zero-order valence-electron chi connectivity index (χ0n) is 12.5. The fraction of sp³-hybridized carbons (Fsp3) is 0.294. The van der Waals surface area contributed by atoms with Crippen LogP contribution in [-0.4, -0.2) is 28.9 Å². The summed E-state index contributed by atoms with van der Waals surface area (Å²) in [4.78, 5) is 18.5. The van der Waals surface area contributed by atoms with Crippen molar-refractivity contribution in [2.45, 2.75) is 19.8 Å². The molecule has 2 aromatic rings. The van der Waals surface area contributed by atoms with Gasteiger partial charge in [0.2, 0.25) is 0 Å². The molecule has 0 atom stereocenters. The zero-order valence-corrected chi connectivity index (χ0v) is 14.1. The molecule has 0 unspecified atom stereocenters. The van der Waals surface area contributed by atoms with E-state index in [2.05, 4.69) is 26.2 Å². The van der Waals surface area contributed by atoms with Gasteiger partial charge in [0.15, 0.2) is 0 Å². The number of nitrogens with one attached hydrogen (secondary N) is 1. The van der Waals surface area contributed by atoms with E-state index in [0.29, 0.717) is 5.69 Å². The summed E-state index contributed by atoms with van der Waals surface area (Å²) in [6, 6.07) is 9.77. The van der Waals surface area contributed by atoms with Crippen LogP contribution in [0.3, 0.4) is 0 Å². The van der Waals surface area contributed by atoms with E-state index in [1.807, 2.05) is 42.2 Å². The van der Waals surface area contributed by atoms with Gasteiger partial charge in [-0.1, -0.05) is 22.0 Å². The molecule has 1 aromatic heterocycles. The highest BCUT2D eigenvalue weighted by Gasteiger charge is 2.20. The van der Waals surface area contributed by atoms with Gasteiger partial charge in [-0.2, -0.15) is 0 Å². The molecule has 0 aliphatic carbocycles. The molecule has 1 fully saturated rings. The number of anilines is 2. The lowest BCUT2D eigenvalue weighted by Gasteiger charge is -2.15. The van der Waals surface area contributed by atoms with Crippen LogP contribution in [0.25, 0.3) is 0 Å². The molecule has 0 saturated carbocycles. The number of aromatic nitrogens is 1. The summed E-state index contributed by atoms with van der Waals surface area (Å²) in [5.74, 6) is 0.0197. The number of benzene rings is 1. The highest BCUT2D eigenvalue weighted by molar-refractivity contribution is 9.10. The summed E-state index contributed by atoms with van der Waals surface area (Å²) in [6.07, 6.45) is 3.84. The molecule has 1 amide bonds. The third-order valence-electron chi connectivity index (χ3n) is 3.83. The first-order valence-electron chi connectivity index (χ1n) is 7.42. The van der Waals surface area contributed by atoms with E-state index in [0.717, 1.165) is 41.8 Å². The maximum absolute atomic E-state index is 12.4. The number of amides is 1. The Hall–Kier alpha value is -1.88. The zero-order chi connectivity index (χ0) is 15.5. The number of halogens is 1. The SMILES string of the molecule is Cc1ccc(Nc2ccnc(C(=O)N3CCCC3)c2)cc1Br. The molecule has 2 heterocycles. The summed E-state index contributed by atoms with van der Waals surface area (Å²) in [7, 11) is 0. The monoisotopic (exact) mass is 359 g/mol. The molecular weight excluding hydrogens is 342 g/mol. The first-order chi connectivity index (χ1) is 10.6. The number of rotatable bonds is 3. The molecule has 0 spiro atoms. The number of carbonyl (C=O) groups excluding carboxylic acids is 1. The van der Waals surface area contributed by atoms with Gasteiger partial charge in [0.1, 0.15) is 5.69 Å². The molecule has 1 aliphatic rings. The van der Waals surface area contributed by atoms with Gasteiger partial charge >= 0.3 is 0 Å². The van der Waals surface area contributed by atoms with Crippen molar-refractivity contribution in [2.75, 3.05) is 18.4 Å². The minimum Gasteiger partial charge on any atom is -0.355 e. The maximum atomic E-state index is 12.4. The van der Waals surface area contributed by atoms with Crippen LogP contribution in [0, 0.1) is 6.92 Å². The molecule has 1 saturated heterocycles. The average molecular weight is 360 g/mol. The Balaban J connectivity index is 1.78. The summed E-state index contributed by atoms with van der Waals surface area (Å²) < 4.78 is 1.06. The topological polar surface area (TPSA) is 45.2 Å². The van der Waals surface area contributed by atoms with E-state index >= 15 is 0 Å². The van der Waals surface area contributed by atoms with Crippen LogP contribution < -0.4 is 5.32 Å². The average Bonchev–Trinajstić information content (AvgIpc) is 3.05. The standard InChI is InChI=1S/C17H18BrN3O/c1-12-4-5-13(10-15(12)18)20-14-6-7-19-16(11-14)17(22)21-8-2-3-9-21/h4-7,10-11H,2-3,8-9H2,1H3,(H,19,20). The molecule has 1 aromatic carbocycles. The van der Waals surface area contributed by atoms with E-state index in [1.54, 1.807) is 6.20 Å². The Labute approximate surface area is 138 Å². The number of hydrogen-bond acceptors (Lipinski definition) is 3. The first kappa shape index (κ1) is 15.0. The van der Waals surface area contributed by atoms with Crippen molar-refractivity contribution >= 4 is 33.2 Å². The van der Waals surface area contributed by atoms with Crippen LogP contribution in [0.4, 0.5) is 11.4 Å². The van der Waals surface area contributed by atoms with Crippen LogP contribution in [0.2, 0.25) is 0 Å². The van der Waals surface area contributed by atoms with Crippen molar-refractivity contribution in [3.05, 3.63) is 52.3 Å². The van der Waals surface area contributed by atoms with Crippen molar-refractivity contribution in [1.29, 1.82) is 0 Å².